The Labute approximate surface area is 222 Å². The first kappa shape index (κ1) is 31.6. The van der Waals surface area contributed by atoms with Crippen molar-refractivity contribution in [2.24, 2.45) is 4.99 Å². The van der Waals surface area contributed by atoms with Crippen LogP contribution in [0, 0.1) is 11.6 Å². The zero-order valence-electron chi connectivity index (χ0n) is 21.7. The molecule has 0 saturated carbocycles. The lowest BCUT2D eigenvalue weighted by molar-refractivity contribution is -0.118. The maximum Gasteiger partial charge on any atom is 0.257 e. The zero-order valence-corrected chi connectivity index (χ0v) is 22.5. The highest BCUT2D eigenvalue weighted by molar-refractivity contribution is 6.63. The molecule has 37 heavy (non-hydrogen) atoms. The second kappa shape index (κ2) is 15.6. The van der Waals surface area contributed by atoms with Crippen LogP contribution in [0.2, 0.25) is 6.82 Å². The normalized spacial score (nSPS) is 14.1. The molecule has 0 spiro atoms. The number of pyridine rings is 1. The highest BCUT2D eigenvalue weighted by Crippen LogP contribution is 2.17. The number of allylic oxidation sites excluding steroid dienone is 3. The summed E-state index contributed by atoms with van der Waals surface area (Å²) in [7, 11) is 3.22. The second-order valence-corrected chi connectivity index (χ2v) is 8.44. The first-order chi connectivity index (χ1) is 17.4. The second-order valence-electron chi connectivity index (χ2n) is 8.03. The van der Waals surface area contributed by atoms with E-state index in [1.54, 1.807) is 47.1 Å². The number of carbonyl (C=O) groups excluding carboxylic acids is 1. The number of ether oxygens (including phenoxy) is 1. The number of carbonyl (C=O) groups is 1. The molecule has 1 aromatic rings. The predicted octanol–water partition coefficient (Wildman–Crippen LogP) is 3.97. The molecule has 1 heterocycles. The standard InChI is InChI=1S/C25H32BClF2N5O3/c1-7-9-32-22(34-24(35)18(14-30-6)25(3,4)36)8-10-31-16(2)11-21(23(27)26-5)37-15-20-19(29)12-17(28)13-33-20/h7-14,30-31,36H,15H2,1-6H3,(H,32,34,35)/b9-7+,10-8+,16-11-,18-14+,23-21-. The summed E-state index contributed by atoms with van der Waals surface area (Å²) in [5.41, 5.74) is -0.755. The molecule has 4 N–H and O–H groups in total. The Balaban J connectivity index is 3.01. The van der Waals surface area contributed by atoms with E-state index in [2.05, 4.69) is 25.9 Å². The van der Waals surface area contributed by atoms with Crippen LogP contribution in [0.25, 0.3) is 0 Å². The molecule has 199 valence electrons. The number of nitrogens with zero attached hydrogens (tertiary/aromatic N) is 2. The molecule has 0 unspecified atom stereocenters. The quantitative estimate of drug-likeness (QED) is 0.0807. The number of nitrogens with one attached hydrogen (secondary N) is 3. The van der Waals surface area contributed by atoms with Crippen molar-refractivity contribution in [3.8, 4) is 0 Å². The summed E-state index contributed by atoms with van der Waals surface area (Å²) in [5, 5.41) is 18.7. The molecule has 0 atom stereocenters. The SMILES string of the molecule is C[B]/C(Cl)=C(\C=C(\C)N/C=C/C(=N/C=C/C)NC(=O)/C(=C\NC)C(C)(C)O)OCc1ncc(F)cc1F. The van der Waals surface area contributed by atoms with E-state index in [1.165, 1.54) is 38.5 Å². The third kappa shape index (κ3) is 11.4. The summed E-state index contributed by atoms with van der Waals surface area (Å²) in [6, 6.07) is 0.723. The van der Waals surface area contributed by atoms with Crippen LogP contribution < -0.4 is 16.0 Å². The zero-order chi connectivity index (χ0) is 28.0. The van der Waals surface area contributed by atoms with E-state index in [4.69, 9.17) is 16.3 Å². The molecule has 12 heteroatoms. The van der Waals surface area contributed by atoms with E-state index in [0.29, 0.717) is 5.70 Å². The predicted molar refractivity (Wildman–Crippen MR) is 143 cm³/mol. The Bertz CT molecular complexity index is 1130. The van der Waals surface area contributed by atoms with Crippen LogP contribution in [-0.4, -0.2) is 41.8 Å². The van der Waals surface area contributed by atoms with Crippen molar-refractivity contribution in [1.29, 1.82) is 0 Å². The van der Waals surface area contributed by atoms with Crippen molar-refractivity contribution in [3.63, 3.8) is 0 Å². The molecule has 0 bridgehead atoms. The lowest BCUT2D eigenvalue weighted by Gasteiger charge is -2.21. The fourth-order valence-electron chi connectivity index (χ4n) is 2.63. The molecule has 0 saturated heterocycles. The average molecular weight is 535 g/mol. The van der Waals surface area contributed by atoms with Crippen LogP contribution in [0.4, 0.5) is 8.78 Å². The number of amides is 1. The first-order valence-corrected chi connectivity index (χ1v) is 11.6. The molecule has 0 aromatic carbocycles. The molecule has 8 nitrogen and oxygen atoms in total. The monoisotopic (exact) mass is 534 g/mol. The number of aromatic nitrogens is 1. The molecular weight excluding hydrogens is 503 g/mol. The van der Waals surface area contributed by atoms with Crippen LogP contribution in [-0.2, 0) is 16.1 Å². The van der Waals surface area contributed by atoms with Gasteiger partial charge in [-0.3, -0.25) is 9.78 Å². The van der Waals surface area contributed by atoms with Gasteiger partial charge in [0.05, 0.1) is 17.4 Å². The van der Waals surface area contributed by atoms with Crippen LogP contribution in [0.1, 0.15) is 33.4 Å². The van der Waals surface area contributed by atoms with Gasteiger partial charge in [-0.25, -0.2) is 13.8 Å². The number of halogens is 3. The first-order valence-electron chi connectivity index (χ1n) is 11.3. The van der Waals surface area contributed by atoms with Gasteiger partial charge in [-0.05, 0) is 39.8 Å². The fourth-order valence-corrected chi connectivity index (χ4v) is 2.74. The summed E-state index contributed by atoms with van der Waals surface area (Å²) in [5.74, 6) is -1.71. The third-order valence-corrected chi connectivity index (χ3v) is 4.84. The van der Waals surface area contributed by atoms with Crippen molar-refractivity contribution in [1.82, 2.24) is 20.9 Å². The molecule has 1 radical (unpaired) electrons. The summed E-state index contributed by atoms with van der Waals surface area (Å²) < 4.78 is 32.6. The molecule has 1 aromatic heterocycles. The molecular formula is C25H32BClF2N5O3. The van der Waals surface area contributed by atoms with E-state index >= 15 is 0 Å². The Morgan fingerprint density at radius 1 is 1.38 bits per heavy atom. The fraction of sp³-hybridized carbons (Fsp3) is 0.320. The van der Waals surface area contributed by atoms with E-state index < -0.39 is 23.1 Å². The van der Waals surface area contributed by atoms with Crippen molar-refractivity contribution >= 4 is 30.6 Å². The molecule has 0 fully saturated rings. The highest BCUT2D eigenvalue weighted by atomic mass is 35.5. The van der Waals surface area contributed by atoms with E-state index in [1.807, 2.05) is 0 Å². The molecule has 0 aliphatic rings. The average Bonchev–Trinajstić information content (AvgIpc) is 2.82. The Kier molecular flexibility index (Phi) is 13.3. The van der Waals surface area contributed by atoms with Gasteiger partial charge in [0, 0.05) is 42.3 Å². The largest absolute Gasteiger partial charge is 0.487 e. The summed E-state index contributed by atoms with van der Waals surface area (Å²) >= 11 is 6.23. The minimum Gasteiger partial charge on any atom is -0.487 e. The molecule has 0 aliphatic carbocycles. The maximum atomic E-state index is 13.9. The van der Waals surface area contributed by atoms with Crippen LogP contribution in [0.15, 0.2) is 76.0 Å². The third-order valence-electron chi connectivity index (χ3n) is 4.43. The summed E-state index contributed by atoms with van der Waals surface area (Å²) in [6.45, 7) is 7.94. The van der Waals surface area contributed by atoms with Gasteiger partial charge in [0.25, 0.3) is 5.91 Å². The van der Waals surface area contributed by atoms with Crippen LogP contribution >= 0.6 is 11.6 Å². The van der Waals surface area contributed by atoms with E-state index in [9.17, 15) is 18.7 Å². The van der Waals surface area contributed by atoms with Gasteiger partial charge in [0.1, 0.15) is 29.7 Å². The van der Waals surface area contributed by atoms with Crippen LogP contribution in [0.3, 0.4) is 0 Å². The van der Waals surface area contributed by atoms with Gasteiger partial charge >= 0.3 is 0 Å². The highest BCUT2D eigenvalue weighted by Gasteiger charge is 2.26. The summed E-state index contributed by atoms with van der Waals surface area (Å²) in [6.07, 6.45) is 10.1. The Morgan fingerprint density at radius 2 is 2.08 bits per heavy atom. The number of hydrogen-bond donors (Lipinski definition) is 4. The minimum absolute atomic E-state index is 0.0725. The molecule has 1 amide bonds. The van der Waals surface area contributed by atoms with Crippen molar-refractivity contribution in [3.05, 3.63) is 88.4 Å². The maximum absolute atomic E-state index is 13.9. The van der Waals surface area contributed by atoms with Crippen molar-refractivity contribution in [2.45, 2.75) is 46.7 Å². The lowest BCUT2D eigenvalue weighted by atomic mass is 9.81. The molecule has 0 aliphatic heterocycles. The van der Waals surface area contributed by atoms with Gasteiger partial charge in [-0.2, -0.15) is 0 Å². The van der Waals surface area contributed by atoms with Crippen LogP contribution in [0.5, 0.6) is 0 Å². The van der Waals surface area contributed by atoms with Gasteiger partial charge in [0.2, 0.25) is 0 Å². The number of aliphatic imine (C=N–C) groups is 1. The molecule has 1 rings (SSSR count). The number of rotatable bonds is 12. The van der Waals surface area contributed by atoms with Gasteiger partial charge in [-0.15, -0.1) is 0 Å². The van der Waals surface area contributed by atoms with Crippen molar-refractivity contribution in [2.75, 3.05) is 7.05 Å². The number of amidine groups is 1. The Morgan fingerprint density at radius 3 is 2.65 bits per heavy atom. The number of hydrogen-bond acceptors (Lipinski definition) is 7. The van der Waals surface area contributed by atoms with Gasteiger partial charge < -0.3 is 25.8 Å². The Hall–Kier alpha value is -3.44. The van der Waals surface area contributed by atoms with Gasteiger partial charge in [0.15, 0.2) is 13.1 Å². The smallest absolute Gasteiger partial charge is 0.257 e. The van der Waals surface area contributed by atoms with Crippen molar-refractivity contribution < 1.29 is 23.4 Å². The van der Waals surface area contributed by atoms with E-state index in [-0.39, 0.29) is 34.4 Å². The topological polar surface area (TPSA) is 108 Å². The summed E-state index contributed by atoms with van der Waals surface area (Å²) in [4.78, 5) is 20.8. The van der Waals surface area contributed by atoms with E-state index in [0.717, 1.165) is 12.3 Å². The van der Waals surface area contributed by atoms with Gasteiger partial charge in [-0.1, -0.05) is 24.5 Å². The number of aliphatic hydroxyl groups is 1. The minimum atomic E-state index is -1.38. The lowest BCUT2D eigenvalue weighted by Crippen LogP contribution is -2.39.